The summed E-state index contributed by atoms with van der Waals surface area (Å²) < 4.78 is 23.5. The summed E-state index contributed by atoms with van der Waals surface area (Å²) in [5, 5.41) is 1.63. The van der Waals surface area contributed by atoms with Crippen molar-refractivity contribution >= 4 is 20.6 Å². The van der Waals surface area contributed by atoms with Crippen molar-refractivity contribution < 1.29 is 8.78 Å². The van der Waals surface area contributed by atoms with Gasteiger partial charge in [-0.25, -0.2) is 0 Å². The van der Waals surface area contributed by atoms with Crippen LogP contribution in [0.1, 0.15) is 0 Å². The Morgan fingerprint density at radius 2 is 2.33 bits per heavy atom. The van der Waals surface area contributed by atoms with Crippen LogP contribution >= 0.6 is 0 Å². The summed E-state index contributed by atoms with van der Waals surface area (Å²) >= 11 is 4.76. The Hall–Kier alpha value is -0.0300. The molecule has 0 aromatic rings. The summed E-state index contributed by atoms with van der Waals surface area (Å²) in [5.41, 5.74) is 0. The molecule has 1 heterocycles. The average Bonchev–Trinajstić information content (AvgIpc) is 2.14. The van der Waals surface area contributed by atoms with Crippen LogP contribution < -0.4 is 0 Å². The second-order valence-electron chi connectivity index (χ2n) is 1.59. The van der Waals surface area contributed by atoms with E-state index in [1.54, 1.807) is 5.41 Å². The lowest BCUT2D eigenvalue weighted by atomic mass is 10.8. The largest absolute Gasteiger partial charge is 0.315 e. The van der Waals surface area contributed by atoms with Crippen molar-refractivity contribution in [2.24, 2.45) is 0 Å². The van der Waals surface area contributed by atoms with Gasteiger partial charge >= 0.3 is 6.55 Å². The third kappa shape index (κ3) is 1.69. The molecule has 52 valence electrons. The average molecular weight is 169 g/mol. The smallest absolute Gasteiger partial charge is 0.312 e. The fourth-order valence-corrected chi connectivity index (χ4v) is 1.89. The lowest BCUT2D eigenvalue weighted by molar-refractivity contribution is 0.0201. The van der Waals surface area contributed by atoms with E-state index in [4.69, 9.17) is 11.2 Å². The highest BCUT2D eigenvalue weighted by Gasteiger charge is 2.15. The molecule has 0 spiro atoms. The van der Waals surface area contributed by atoms with Gasteiger partial charge in [-0.15, -0.1) is 0 Å². The molecule has 1 aliphatic rings. The van der Waals surface area contributed by atoms with Gasteiger partial charge in [0.15, 0.2) is 0 Å². The summed E-state index contributed by atoms with van der Waals surface area (Å²) in [7, 11) is -0.375. The minimum atomic E-state index is -2.39. The summed E-state index contributed by atoms with van der Waals surface area (Å²) in [6.45, 7) is -2.39. The standard InChI is InChI=1S/C4H5F2NS2/c5-4(6)7-1-2-9(8)3-7/h1-2,4H,3H2. The highest BCUT2D eigenvalue weighted by molar-refractivity contribution is 8.30. The molecule has 0 saturated heterocycles. The van der Waals surface area contributed by atoms with Crippen LogP contribution in [0.15, 0.2) is 11.6 Å². The van der Waals surface area contributed by atoms with Gasteiger partial charge in [0, 0.05) is 6.20 Å². The van der Waals surface area contributed by atoms with Crippen LogP contribution in [0.4, 0.5) is 8.78 Å². The molecule has 0 amide bonds. The van der Waals surface area contributed by atoms with E-state index < -0.39 is 6.55 Å². The van der Waals surface area contributed by atoms with Gasteiger partial charge in [0.2, 0.25) is 0 Å². The summed E-state index contributed by atoms with van der Waals surface area (Å²) in [6.07, 6.45) is 1.36. The van der Waals surface area contributed by atoms with Crippen molar-refractivity contribution in [3.63, 3.8) is 0 Å². The normalized spacial score (nSPS) is 26.1. The minimum Gasteiger partial charge on any atom is -0.312 e. The van der Waals surface area contributed by atoms with Gasteiger partial charge in [-0.3, -0.25) is 0 Å². The van der Waals surface area contributed by atoms with E-state index in [2.05, 4.69) is 0 Å². The molecule has 1 nitrogen and oxygen atoms in total. The molecular formula is C4H5F2NS2. The van der Waals surface area contributed by atoms with E-state index in [1.165, 1.54) is 6.20 Å². The lowest BCUT2D eigenvalue weighted by Gasteiger charge is -2.11. The highest BCUT2D eigenvalue weighted by atomic mass is 32.8. The number of hydrogen-bond donors (Lipinski definition) is 0. The molecule has 0 fully saturated rings. The highest BCUT2D eigenvalue weighted by Crippen LogP contribution is 2.11. The van der Waals surface area contributed by atoms with Gasteiger partial charge in [-0.2, -0.15) is 8.78 Å². The zero-order valence-corrected chi connectivity index (χ0v) is 6.09. The molecule has 5 heteroatoms. The van der Waals surface area contributed by atoms with Gasteiger partial charge in [-0.05, 0) is 16.6 Å². The predicted octanol–water partition coefficient (Wildman–Crippen LogP) is 1.03. The summed E-state index contributed by atoms with van der Waals surface area (Å²) in [5.74, 6) is 0.299. The van der Waals surface area contributed by atoms with Crippen molar-refractivity contribution in [2.75, 3.05) is 5.88 Å². The Bertz CT molecular complexity index is 157. The third-order valence-electron chi connectivity index (χ3n) is 0.931. The molecule has 0 radical (unpaired) electrons. The molecule has 0 bridgehead atoms. The first-order valence-corrected chi connectivity index (χ1v) is 4.68. The number of rotatable bonds is 1. The molecular weight excluding hydrogens is 164 g/mol. The van der Waals surface area contributed by atoms with Crippen molar-refractivity contribution in [3.8, 4) is 0 Å². The van der Waals surface area contributed by atoms with Crippen LogP contribution in [0.3, 0.4) is 0 Å². The fourth-order valence-electron chi connectivity index (χ4n) is 0.500. The van der Waals surface area contributed by atoms with Gasteiger partial charge in [0.1, 0.15) is 0 Å². The second kappa shape index (κ2) is 2.70. The van der Waals surface area contributed by atoms with Crippen molar-refractivity contribution in [2.45, 2.75) is 6.55 Å². The van der Waals surface area contributed by atoms with E-state index in [9.17, 15) is 8.78 Å². The van der Waals surface area contributed by atoms with Crippen LogP contribution in [0.2, 0.25) is 0 Å². The van der Waals surface area contributed by atoms with E-state index in [-0.39, 0.29) is 9.45 Å². The monoisotopic (exact) mass is 169 g/mol. The first-order chi connectivity index (χ1) is 4.20. The van der Waals surface area contributed by atoms with Crippen LogP contribution in [-0.2, 0) is 20.6 Å². The molecule has 0 aromatic heterocycles. The van der Waals surface area contributed by atoms with Crippen molar-refractivity contribution in [3.05, 3.63) is 11.6 Å². The number of alkyl halides is 2. The Labute approximate surface area is 58.9 Å². The summed E-state index contributed by atoms with van der Waals surface area (Å²) in [4.78, 5) is 0.941. The molecule has 1 unspecified atom stereocenters. The maximum Gasteiger partial charge on any atom is 0.315 e. The van der Waals surface area contributed by atoms with E-state index in [0.717, 1.165) is 4.90 Å². The fraction of sp³-hybridized carbons (Fsp3) is 0.500. The van der Waals surface area contributed by atoms with Gasteiger partial charge in [-0.1, -0.05) is 9.45 Å². The zero-order chi connectivity index (χ0) is 6.85. The number of hydrogen-bond acceptors (Lipinski definition) is 2. The summed E-state index contributed by atoms with van der Waals surface area (Å²) in [6, 6.07) is 0. The SMILES string of the molecule is FC(F)N1C=CS(=S)C1. The molecule has 1 aliphatic heterocycles. The molecule has 1 rings (SSSR count). The molecule has 0 saturated carbocycles. The first-order valence-electron chi connectivity index (χ1n) is 2.29. The van der Waals surface area contributed by atoms with Gasteiger partial charge in [0.25, 0.3) is 0 Å². The van der Waals surface area contributed by atoms with Gasteiger partial charge < -0.3 is 4.90 Å². The van der Waals surface area contributed by atoms with Crippen LogP contribution in [0.5, 0.6) is 0 Å². The first kappa shape index (κ1) is 7.08. The maximum absolute atomic E-state index is 11.7. The Morgan fingerprint density at radius 3 is 2.56 bits per heavy atom. The predicted molar refractivity (Wildman–Crippen MR) is 36.6 cm³/mol. The van der Waals surface area contributed by atoms with Crippen LogP contribution in [-0.4, -0.2) is 17.3 Å². The third-order valence-corrected chi connectivity index (χ3v) is 2.56. The van der Waals surface area contributed by atoms with Crippen LogP contribution in [0.25, 0.3) is 0 Å². The molecule has 9 heavy (non-hydrogen) atoms. The molecule has 0 aliphatic carbocycles. The molecule has 0 aromatic carbocycles. The molecule has 1 atom stereocenters. The van der Waals surface area contributed by atoms with Crippen LogP contribution in [0, 0.1) is 0 Å². The van der Waals surface area contributed by atoms with Gasteiger partial charge in [0.05, 0.1) is 5.88 Å². The Morgan fingerprint density at radius 1 is 1.67 bits per heavy atom. The molecule has 0 N–H and O–H groups in total. The van der Waals surface area contributed by atoms with E-state index in [0.29, 0.717) is 5.88 Å². The Balaban J connectivity index is 2.50. The van der Waals surface area contributed by atoms with E-state index in [1.807, 2.05) is 0 Å². The minimum absolute atomic E-state index is 0.299. The van der Waals surface area contributed by atoms with E-state index >= 15 is 0 Å². The van der Waals surface area contributed by atoms with Crippen molar-refractivity contribution in [1.29, 1.82) is 0 Å². The second-order valence-corrected chi connectivity index (χ2v) is 4.16. The number of nitrogens with zero attached hydrogens (tertiary/aromatic N) is 1. The Kier molecular flexibility index (Phi) is 2.13. The lowest BCUT2D eigenvalue weighted by Crippen LogP contribution is -2.21. The zero-order valence-electron chi connectivity index (χ0n) is 4.46. The van der Waals surface area contributed by atoms with Crippen molar-refractivity contribution in [1.82, 2.24) is 4.90 Å². The quantitative estimate of drug-likeness (QED) is 0.539. The maximum atomic E-state index is 11.7. The number of halogens is 2. The topological polar surface area (TPSA) is 3.24 Å².